The summed E-state index contributed by atoms with van der Waals surface area (Å²) >= 11 is 0. The highest BCUT2D eigenvalue weighted by molar-refractivity contribution is 5.99. The maximum atomic E-state index is 13.2. The van der Waals surface area contributed by atoms with Crippen molar-refractivity contribution in [1.29, 1.82) is 0 Å². The van der Waals surface area contributed by atoms with E-state index in [1.807, 2.05) is 61.5 Å². The van der Waals surface area contributed by atoms with Gasteiger partial charge in [-0.2, -0.15) is 5.10 Å². The second kappa shape index (κ2) is 11.3. The summed E-state index contributed by atoms with van der Waals surface area (Å²) in [6.45, 7) is 10.9. The van der Waals surface area contributed by atoms with E-state index in [0.717, 1.165) is 28.9 Å². The van der Waals surface area contributed by atoms with Crippen molar-refractivity contribution in [2.45, 2.75) is 46.5 Å². The fourth-order valence-corrected chi connectivity index (χ4v) is 3.70. The minimum atomic E-state index is -0.296. The number of hydrogen-bond donors (Lipinski definition) is 1. The number of carbonyl (C=O) groups excluding carboxylic acids is 2. The number of methoxy groups -OCH3 is 1. The van der Waals surface area contributed by atoms with Gasteiger partial charge >= 0.3 is 0 Å². The Labute approximate surface area is 208 Å². The molecule has 1 aromatic heterocycles. The summed E-state index contributed by atoms with van der Waals surface area (Å²) in [5.74, 6) is 0.0677. The average Bonchev–Trinajstić information content (AvgIpc) is 3.25. The van der Waals surface area contributed by atoms with Gasteiger partial charge in [-0.1, -0.05) is 58.0 Å². The van der Waals surface area contributed by atoms with Crippen LogP contribution in [0.5, 0.6) is 0 Å². The third-order valence-corrected chi connectivity index (χ3v) is 5.89. The van der Waals surface area contributed by atoms with Crippen LogP contribution in [0.4, 0.5) is 5.82 Å². The molecule has 2 aromatic carbocycles. The minimum absolute atomic E-state index is 0.0957. The number of nitrogens with one attached hydrogen (secondary N) is 1. The molecule has 0 aliphatic rings. The fourth-order valence-electron chi connectivity index (χ4n) is 3.70. The zero-order valence-electron chi connectivity index (χ0n) is 21.6. The molecule has 186 valence electrons. The van der Waals surface area contributed by atoms with Gasteiger partial charge in [-0.3, -0.25) is 9.59 Å². The molecule has 2 amide bonds. The molecule has 0 fully saturated rings. The van der Waals surface area contributed by atoms with Gasteiger partial charge in [0.1, 0.15) is 12.4 Å². The monoisotopic (exact) mass is 476 g/mol. The Morgan fingerprint density at radius 3 is 2.37 bits per heavy atom. The zero-order chi connectivity index (χ0) is 25.6. The number of para-hydroxylation sites is 1. The first-order valence-electron chi connectivity index (χ1n) is 12.0. The number of ether oxygens (including phenoxy) is 1. The lowest BCUT2D eigenvalue weighted by atomic mass is 9.92. The molecule has 1 N–H and O–H groups in total. The van der Waals surface area contributed by atoms with E-state index in [2.05, 4.69) is 33.0 Å². The molecule has 0 spiro atoms. The van der Waals surface area contributed by atoms with Crippen molar-refractivity contribution in [1.82, 2.24) is 14.7 Å². The van der Waals surface area contributed by atoms with Crippen LogP contribution < -0.4 is 5.32 Å². The van der Waals surface area contributed by atoms with Crippen LogP contribution in [0, 0.1) is 6.92 Å². The van der Waals surface area contributed by atoms with Crippen molar-refractivity contribution in [3.63, 3.8) is 0 Å². The molecule has 0 unspecified atom stereocenters. The van der Waals surface area contributed by atoms with Crippen LogP contribution in [0.1, 0.15) is 54.9 Å². The average molecular weight is 477 g/mol. The molecule has 0 bridgehead atoms. The maximum absolute atomic E-state index is 13.2. The molecular weight excluding hydrogens is 440 g/mol. The molecule has 35 heavy (non-hydrogen) atoms. The van der Waals surface area contributed by atoms with Crippen molar-refractivity contribution >= 4 is 17.6 Å². The van der Waals surface area contributed by atoms with Crippen molar-refractivity contribution in [2.24, 2.45) is 0 Å². The number of benzene rings is 2. The number of anilines is 1. The predicted molar refractivity (Wildman–Crippen MR) is 139 cm³/mol. The Hall–Kier alpha value is -3.45. The number of aryl methyl sites for hydroxylation is 2. The third-order valence-electron chi connectivity index (χ3n) is 5.89. The second-order valence-electron chi connectivity index (χ2n) is 9.68. The molecule has 0 atom stereocenters. The third kappa shape index (κ3) is 6.57. The first-order chi connectivity index (χ1) is 16.6. The standard InChI is InChI=1S/C28H36N4O3/c1-7-21-12-14-22(15-13-21)27(34)31(16-17-35-6)19-26(33)29-25-18-24(28(3,4)5)30-32(25)23-11-9-8-10-20(23)2/h8-15,18H,7,16-17,19H2,1-6H3,(H,29,33). The summed E-state index contributed by atoms with van der Waals surface area (Å²) in [6, 6.07) is 17.3. The van der Waals surface area contributed by atoms with Crippen molar-refractivity contribution in [2.75, 3.05) is 32.1 Å². The number of nitrogens with zero attached hydrogens (tertiary/aromatic N) is 3. The van der Waals surface area contributed by atoms with Crippen molar-refractivity contribution < 1.29 is 14.3 Å². The first-order valence-corrected chi connectivity index (χ1v) is 12.0. The molecule has 7 heteroatoms. The highest BCUT2D eigenvalue weighted by Crippen LogP contribution is 2.27. The van der Waals surface area contributed by atoms with Crippen LogP contribution >= 0.6 is 0 Å². The lowest BCUT2D eigenvalue weighted by Gasteiger charge is -2.22. The smallest absolute Gasteiger partial charge is 0.254 e. The van der Waals surface area contributed by atoms with Crippen LogP contribution in [0.2, 0.25) is 0 Å². The Morgan fingerprint density at radius 1 is 1.09 bits per heavy atom. The Morgan fingerprint density at radius 2 is 1.77 bits per heavy atom. The molecule has 0 aliphatic carbocycles. The van der Waals surface area contributed by atoms with E-state index in [1.54, 1.807) is 11.8 Å². The van der Waals surface area contributed by atoms with E-state index < -0.39 is 0 Å². The van der Waals surface area contributed by atoms with Gasteiger partial charge in [0.25, 0.3) is 5.91 Å². The van der Waals surface area contributed by atoms with Gasteiger partial charge in [-0.25, -0.2) is 4.68 Å². The quantitative estimate of drug-likeness (QED) is 0.483. The zero-order valence-corrected chi connectivity index (χ0v) is 21.6. The molecule has 3 aromatic rings. The van der Waals surface area contributed by atoms with Crippen LogP contribution in [0.15, 0.2) is 54.6 Å². The van der Waals surface area contributed by atoms with Gasteiger partial charge in [0, 0.05) is 30.7 Å². The summed E-state index contributed by atoms with van der Waals surface area (Å²) in [4.78, 5) is 27.9. The highest BCUT2D eigenvalue weighted by atomic mass is 16.5. The van der Waals surface area contributed by atoms with E-state index in [0.29, 0.717) is 24.5 Å². The molecular formula is C28H36N4O3. The van der Waals surface area contributed by atoms with E-state index in [1.165, 1.54) is 4.90 Å². The largest absolute Gasteiger partial charge is 0.383 e. The summed E-state index contributed by atoms with van der Waals surface area (Å²) in [5.41, 5.74) is 4.30. The normalized spacial score (nSPS) is 11.4. The van der Waals surface area contributed by atoms with Gasteiger partial charge in [0.15, 0.2) is 0 Å². The Balaban J connectivity index is 1.85. The molecule has 1 heterocycles. The van der Waals surface area contributed by atoms with Crippen LogP contribution in [0.25, 0.3) is 5.69 Å². The molecule has 0 radical (unpaired) electrons. The Bertz CT molecular complexity index is 1160. The molecule has 0 aliphatic heterocycles. The molecule has 7 nitrogen and oxygen atoms in total. The van der Waals surface area contributed by atoms with Gasteiger partial charge in [0.2, 0.25) is 5.91 Å². The predicted octanol–water partition coefficient (Wildman–Crippen LogP) is 4.77. The van der Waals surface area contributed by atoms with Gasteiger partial charge < -0.3 is 15.0 Å². The van der Waals surface area contributed by atoms with E-state index in [4.69, 9.17) is 9.84 Å². The highest BCUT2D eigenvalue weighted by Gasteiger charge is 2.24. The summed E-state index contributed by atoms with van der Waals surface area (Å²) in [6.07, 6.45) is 0.898. The number of rotatable bonds is 9. The summed E-state index contributed by atoms with van der Waals surface area (Å²) < 4.78 is 6.95. The maximum Gasteiger partial charge on any atom is 0.254 e. The lowest BCUT2D eigenvalue weighted by Crippen LogP contribution is -2.40. The summed E-state index contributed by atoms with van der Waals surface area (Å²) in [5, 5.41) is 7.78. The topological polar surface area (TPSA) is 76.5 Å². The second-order valence-corrected chi connectivity index (χ2v) is 9.68. The fraction of sp³-hybridized carbons (Fsp3) is 0.393. The molecule has 0 saturated heterocycles. The number of carbonyl (C=O) groups is 2. The lowest BCUT2D eigenvalue weighted by molar-refractivity contribution is -0.117. The molecule has 0 saturated carbocycles. The number of aromatic nitrogens is 2. The van der Waals surface area contributed by atoms with Crippen LogP contribution in [-0.4, -0.2) is 53.3 Å². The van der Waals surface area contributed by atoms with Gasteiger partial charge in [-0.05, 0) is 42.7 Å². The molecule has 3 rings (SSSR count). The van der Waals surface area contributed by atoms with Crippen molar-refractivity contribution in [3.05, 3.63) is 77.0 Å². The minimum Gasteiger partial charge on any atom is -0.383 e. The Kier molecular flexibility index (Phi) is 8.46. The van der Waals surface area contributed by atoms with E-state index in [-0.39, 0.29) is 23.8 Å². The van der Waals surface area contributed by atoms with Gasteiger partial charge in [-0.15, -0.1) is 0 Å². The van der Waals surface area contributed by atoms with Crippen LogP contribution in [-0.2, 0) is 21.4 Å². The van der Waals surface area contributed by atoms with Gasteiger partial charge in [0.05, 0.1) is 18.0 Å². The van der Waals surface area contributed by atoms with E-state index >= 15 is 0 Å². The van der Waals surface area contributed by atoms with Crippen LogP contribution in [0.3, 0.4) is 0 Å². The number of hydrogen-bond acceptors (Lipinski definition) is 4. The SMILES string of the molecule is CCc1ccc(C(=O)N(CCOC)CC(=O)Nc2cc(C(C)(C)C)nn2-c2ccccc2C)cc1. The number of amides is 2. The first kappa shape index (κ1) is 26.2. The van der Waals surface area contributed by atoms with Crippen molar-refractivity contribution in [3.8, 4) is 5.69 Å². The van der Waals surface area contributed by atoms with E-state index in [9.17, 15) is 9.59 Å². The summed E-state index contributed by atoms with van der Waals surface area (Å²) in [7, 11) is 1.58.